The molecule has 3 rings (SSSR count). The van der Waals surface area contributed by atoms with Crippen molar-refractivity contribution >= 4 is 17.8 Å². The number of carbonyl (C=O) groups is 1. The lowest BCUT2D eigenvalue weighted by Crippen LogP contribution is -2.25. The van der Waals surface area contributed by atoms with E-state index in [0.717, 1.165) is 11.4 Å². The number of halogens is 1. The lowest BCUT2D eigenvalue weighted by atomic mass is 9.84. The van der Waals surface area contributed by atoms with E-state index >= 15 is 0 Å². The number of nitrogens with one attached hydrogen (secondary N) is 1. The van der Waals surface area contributed by atoms with Crippen LogP contribution in [0.25, 0.3) is 0 Å². The Labute approximate surface area is 158 Å². The molecular weight excluding hydrogens is 345 g/mol. The topological polar surface area (TPSA) is 53.9 Å². The molecule has 27 heavy (non-hydrogen) atoms. The molecule has 6 heteroatoms. The SMILES string of the molecule is CN1C(=CC=NNC(=O)COc2ccccc2F)C(C)(C)c2ccccc21. The van der Waals surface area contributed by atoms with Crippen molar-refractivity contribution in [2.24, 2.45) is 5.10 Å². The minimum absolute atomic E-state index is 0.0332. The molecule has 2 aromatic carbocycles. The number of para-hydroxylation sites is 2. The molecule has 0 radical (unpaired) electrons. The number of nitrogens with zero attached hydrogens (tertiary/aromatic N) is 2. The second kappa shape index (κ2) is 7.61. The summed E-state index contributed by atoms with van der Waals surface area (Å²) in [5, 5.41) is 3.93. The number of benzene rings is 2. The first-order chi connectivity index (χ1) is 12.9. The van der Waals surface area contributed by atoms with Gasteiger partial charge < -0.3 is 9.64 Å². The Bertz CT molecular complexity index is 906. The number of rotatable bonds is 5. The second-order valence-electron chi connectivity index (χ2n) is 6.79. The molecule has 0 saturated heterocycles. The van der Waals surface area contributed by atoms with E-state index in [-0.39, 0.29) is 17.8 Å². The Kier molecular flexibility index (Phi) is 5.26. The Hall–Kier alpha value is -3.15. The van der Waals surface area contributed by atoms with E-state index < -0.39 is 11.7 Å². The Balaban J connectivity index is 1.59. The molecule has 0 aliphatic carbocycles. The quantitative estimate of drug-likeness (QED) is 0.649. The van der Waals surface area contributed by atoms with Crippen molar-refractivity contribution in [3.05, 3.63) is 71.7 Å². The van der Waals surface area contributed by atoms with Crippen molar-refractivity contribution in [3.8, 4) is 5.75 Å². The smallest absolute Gasteiger partial charge is 0.277 e. The minimum Gasteiger partial charge on any atom is -0.481 e. The van der Waals surface area contributed by atoms with E-state index in [2.05, 4.69) is 41.4 Å². The molecule has 1 N–H and O–H groups in total. The van der Waals surface area contributed by atoms with Gasteiger partial charge in [0.05, 0.1) is 0 Å². The highest BCUT2D eigenvalue weighted by Gasteiger charge is 2.37. The highest BCUT2D eigenvalue weighted by Crippen LogP contribution is 2.46. The van der Waals surface area contributed by atoms with E-state index in [0.29, 0.717) is 0 Å². The first-order valence-corrected chi connectivity index (χ1v) is 8.64. The van der Waals surface area contributed by atoms with Gasteiger partial charge in [0.2, 0.25) is 0 Å². The summed E-state index contributed by atoms with van der Waals surface area (Å²) in [5.74, 6) is -0.939. The van der Waals surface area contributed by atoms with Crippen molar-refractivity contribution in [2.45, 2.75) is 19.3 Å². The van der Waals surface area contributed by atoms with Gasteiger partial charge in [0, 0.05) is 30.1 Å². The van der Waals surface area contributed by atoms with E-state index in [9.17, 15) is 9.18 Å². The molecule has 0 bridgehead atoms. The summed E-state index contributed by atoms with van der Waals surface area (Å²) in [5.41, 5.74) is 5.70. The average molecular weight is 367 g/mol. The highest BCUT2D eigenvalue weighted by molar-refractivity contribution is 5.82. The van der Waals surface area contributed by atoms with Crippen LogP contribution >= 0.6 is 0 Å². The van der Waals surface area contributed by atoms with Gasteiger partial charge in [-0.3, -0.25) is 4.79 Å². The third-order valence-corrected chi connectivity index (χ3v) is 4.63. The van der Waals surface area contributed by atoms with Crippen LogP contribution in [0.2, 0.25) is 0 Å². The summed E-state index contributed by atoms with van der Waals surface area (Å²) in [4.78, 5) is 13.9. The fourth-order valence-electron chi connectivity index (χ4n) is 3.26. The van der Waals surface area contributed by atoms with Gasteiger partial charge >= 0.3 is 0 Å². The molecule has 0 aromatic heterocycles. The Morgan fingerprint density at radius 1 is 1.22 bits per heavy atom. The number of hydrazone groups is 1. The second-order valence-corrected chi connectivity index (χ2v) is 6.79. The summed E-state index contributed by atoms with van der Waals surface area (Å²) in [6.45, 7) is 3.98. The molecular formula is C21H22FN3O2. The van der Waals surface area contributed by atoms with Gasteiger partial charge in [-0.2, -0.15) is 5.10 Å². The molecule has 5 nitrogen and oxygen atoms in total. The number of hydrogen-bond donors (Lipinski definition) is 1. The number of fused-ring (bicyclic) bond motifs is 1. The van der Waals surface area contributed by atoms with Crippen LogP contribution in [0.5, 0.6) is 5.75 Å². The number of amides is 1. The van der Waals surface area contributed by atoms with Crippen LogP contribution in [-0.2, 0) is 10.2 Å². The van der Waals surface area contributed by atoms with Gasteiger partial charge in [0.1, 0.15) is 0 Å². The third-order valence-electron chi connectivity index (χ3n) is 4.63. The molecule has 2 aromatic rings. The van der Waals surface area contributed by atoms with E-state index in [4.69, 9.17) is 4.74 Å². The number of carbonyl (C=O) groups excluding carboxylic acids is 1. The van der Waals surface area contributed by atoms with Gasteiger partial charge in [0.25, 0.3) is 5.91 Å². The lowest BCUT2D eigenvalue weighted by Gasteiger charge is -2.23. The van der Waals surface area contributed by atoms with Crippen LogP contribution in [0, 0.1) is 5.82 Å². The Morgan fingerprint density at radius 2 is 1.93 bits per heavy atom. The first kappa shape index (κ1) is 18.6. The van der Waals surface area contributed by atoms with Crippen LogP contribution in [0.3, 0.4) is 0 Å². The van der Waals surface area contributed by atoms with Crippen molar-refractivity contribution in [2.75, 3.05) is 18.6 Å². The fraction of sp³-hybridized carbons (Fsp3) is 0.238. The first-order valence-electron chi connectivity index (χ1n) is 8.64. The molecule has 1 aliphatic rings. The van der Waals surface area contributed by atoms with Gasteiger partial charge in [-0.05, 0) is 29.8 Å². The third kappa shape index (κ3) is 3.84. The monoisotopic (exact) mass is 367 g/mol. The molecule has 1 heterocycles. The van der Waals surface area contributed by atoms with E-state index in [1.807, 2.05) is 25.3 Å². The molecule has 1 amide bonds. The maximum Gasteiger partial charge on any atom is 0.277 e. The summed E-state index contributed by atoms with van der Waals surface area (Å²) in [7, 11) is 2.01. The molecule has 0 atom stereocenters. The van der Waals surface area contributed by atoms with Gasteiger partial charge in [-0.1, -0.05) is 44.2 Å². The van der Waals surface area contributed by atoms with Crippen LogP contribution in [0.4, 0.5) is 10.1 Å². The van der Waals surface area contributed by atoms with E-state index in [1.54, 1.807) is 18.3 Å². The molecule has 1 aliphatic heterocycles. The summed E-state index contributed by atoms with van der Waals surface area (Å²) in [6, 6.07) is 14.2. The zero-order valence-corrected chi connectivity index (χ0v) is 15.6. The van der Waals surface area contributed by atoms with Crippen LogP contribution < -0.4 is 15.1 Å². The zero-order valence-electron chi connectivity index (χ0n) is 15.6. The van der Waals surface area contributed by atoms with Crippen LogP contribution in [-0.4, -0.2) is 25.8 Å². The number of hydrogen-bond acceptors (Lipinski definition) is 4. The molecule has 0 unspecified atom stereocenters. The van der Waals surface area contributed by atoms with Crippen molar-refractivity contribution in [1.29, 1.82) is 0 Å². The maximum atomic E-state index is 13.4. The number of ether oxygens (including phenoxy) is 1. The maximum absolute atomic E-state index is 13.4. The van der Waals surface area contributed by atoms with E-state index in [1.165, 1.54) is 17.7 Å². The standard InChI is InChI=1S/C21H22FN3O2/c1-21(2)15-8-4-6-10-17(15)25(3)19(21)12-13-23-24-20(26)14-27-18-11-7-5-9-16(18)22/h4-13H,14H2,1-3H3,(H,24,26). The number of likely N-dealkylation sites (N-methyl/N-ethyl adjacent to an activating group) is 1. The summed E-state index contributed by atoms with van der Waals surface area (Å²) >= 11 is 0. The van der Waals surface area contributed by atoms with Crippen molar-refractivity contribution in [3.63, 3.8) is 0 Å². The lowest BCUT2D eigenvalue weighted by molar-refractivity contribution is -0.123. The summed E-state index contributed by atoms with van der Waals surface area (Å²) < 4.78 is 18.6. The normalized spacial score (nSPS) is 16.6. The largest absolute Gasteiger partial charge is 0.481 e. The Morgan fingerprint density at radius 3 is 2.67 bits per heavy atom. The zero-order chi connectivity index (χ0) is 19.4. The predicted octanol–water partition coefficient (Wildman–Crippen LogP) is 3.62. The van der Waals surface area contributed by atoms with Crippen molar-refractivity contribution < 1.29 is 13.9 Å². The summed E-state index contributed by atoms with van der Waals surface area (Å²) in [6.07, 6.45) is 3.42. The van der Waals surface area contributed by atoms with Crippen LogP contribution in [0.1, 0.15) is 19.4 Å². The van der Waals surface area contributed by atoms with Gasteiger partial charge in [-0.25, -0.2) is 9.82 Å². The van der Waals surface area contributed by atoms with Crippen molar-refractivity contribution in [1.82, 2.24) is 5.43 Å². The molecule has 0 spiro atoms. The highest BCUT2D eigenvalue weighted by atomic mass is 19.1. The predicted molar refractivity (Wildman–Crippen MR) is 104 cm³/mol. The molecule has 0 saturated carbocycles. The molecule has 140 valence electrons. The number of allylic oxidation sites excluding steroid dienone is 2. The van der Waals surface area contributed by atoms with Crippen LogP contribution in [0.15, 0.2) is 65.4 Å². The average Bonchev–Trinajstić information content (AvgIpc) is 2.85. The minimum atomic E-state index is -0.510. The number of anilines is 1. The van der Waals surface area contributed by atoms with Gasteiger partial charge in [-0.15, -0.1) is 0 Å². The fourth-order valence-corrected chi connectivity index (χ4v) is 3.26. The van der Waals surface area contributed by atoms with Gasteiger partial charge in [0.15, 0.2) is 18.2 Å². The molecule has 0 fully saturated rings.